The smallest absolute Gasteiger partial charge is 0.427 e. The number of carbonyl (C=O) groups excluding carboxylic acids is 3. The van der Waals surface area contributed by atoms with E-state index in [1.165, 1.54) is 0 Å². The van der Waals surface area contributed by atoms with Crippen LogP contribution in [0.2, 0.25) is 0 Å². The molecule has 0 saturated carbocycles. The van der Waals surface area contributed by atoms with Gasteiger partial charge in [0.1, 0.15) is 11.6 Å². The summed E-state index contributed by atoms with van der Waals surface area (Å²) in [4.78, 5) is 35.8. The molecule has 18 heavy (non-hydrogen) atoms. The first-order valence-electron chi connectivity index (χ1n) is 5.95. The molecule has 0 spiro atoms. The van der Waals surface area contributed by atoms with E-state index in [0.29, 0.717) is 6.42 Å². The highest BCUT2D eigenvalue weighted by atomic mass is 16.6. The van der Waals surface area contributed by atoms with Crippen LogP contribution in [0.25, 0.3) is 0 Å². The van der Waals surface area contributed by atoms with E-state index >= 15 is 0 Å². The fraction of sp³-hybridized carbons (Fsp3) is 0.750. The molecule has 6 heteroatoms. The van der Waals surface area contributed by atoms with Gasteiger partial charge in [-0.15, -0.1) is 0 Å². The summed E-state index contributed by atoms with van der Waals surface area (Å²) in [6.07, 6.45) is -1.16. The number of carbonyl (C=O) groups is 3. The van der Waals surface area contributed by atoms with Crippen molar-refractivity contribution in [2.24, 2.45) is 5.92 Å². The average molecular weight is 257 g/mol. The summed E-state index contributed by atoms with van der Waals surface area (Å²) in [5, 5.41) is 0. The molecule has 1 aliphatic heterocycles. The highest BCUT2D eigenvalue weighted by Crippen LogP contribution is 2.25. The van der Waals surface area contributed by atoms with E-state index in [9.17, 15) is 14.4 Å². The number of amides is 2. The van der Waals surface area contributed by atoms with Crippen molar-refractivity contribution in [3.05, 3.63) is 0 Å². The topological polar surface area (TPSA) is 72.9 Å². The van der Waals surface area contributed by atoms with Gasteiger partial charge < -0.3 is 9.47 Å². The molecule has 0 bridgehead atoms. The normalized spacial score (nSPS) is 21.8. The van der Waals surface area contributed by atoms with Crippen molar-refractivity contribution in [2.75, 3.05) is 0 Å². The number of rotatable bonds is 2. The van der Waals surface area contributed by atoms with Crippen LogP contribution in [0.1, 0.15) is 41.0 Å². The third kappa shape index (κ3) is 3.00. The van der Waals surface area contributed by atoms with E-state index in [2.05, 4.69) is 4.74 Å². The SMILES string of the molecule is CC[C@H](C)C1C(=O)OC(=O)N1C(=O)OC(C)(C)C. The van der Waals surface area contributed by atoms with Gasteiger partial charge in [-0.2, -0.15) is 4.90 Å². The Morgan fingerprint density at radius 2 is 2.00 bits per heavy atom. The molecule has 1 unspecified atom stereocenters. The molecule has 2 atom stereocenters. The zero-order valence-electron chi connectivity index (χ0n) is 11.4. The lowest BCUT2D eigenvalue weighted by atomic mass is 9.99. The number of hydrogen-bond acceptors (Lipinski definition) is 5. The van der Waals surface area contributed by atoms with Crippen LogP contribution in [0.5, 0.6) is 0 Å². The van der Waals surface area contributed by atoms with E-state index in [0.717, 1.165) is 4.90 Å². The molecule has 1 heterocycles. The largest absolute Gasteiger partial charge is 0.443 e. The van der Waals surface area contributed by atoms with Crippen molar-refractivity contribution < 1.29 is 23.9 Å². The first-order valence-corrected chi connectivity index (χ1v) is 5.95. The van der Waals surface area contributed by atoms with E-state index in [1.807, 2.05) is 6.92 Å². The number of cyclic esters (lactones) is 2. The molecular weight excluding hydrogens is 238 g/mol. The van der Waals surface area contributed by atoms with Crippen molar-refractivity contribution >= 4 is 18.2 Å². The molecule has 1 saturated heterocycles. The fourth-order valence-corrected chi connectivity index (χ4v) is 1.62. The summed E-state index contributed by atoms with van der Waals surface area (Å²) < 4.78 is 9.59. The molecule has 102 valence electrons. The maximum atomic E-state index is 11.9. The monoisotopic (exact) mass is 257 g/mol. The van der Waals surface area contributed by atoms with Gasteiger partial charge in [-0.25, -0.2) is 14.4 Å². The predicted molar refractivity (Wildman–Crippen MR) is 62.8 cm³/mol. The number of hydrogen-bond donors (Lipinski definition) is 0. The summed E-state index contributed by atoms with van der Waals surface area (Å²) in [7, 11) is 0. The van der Waals surface area contributed by atoms with E-state index < -0.39 is 29.8 Å². The quantitative estimate of drug-likeness (QED) is 0.560. The summed E-state index contributed by atoms with van der Waals surface area (Å²) in [5.74, 6) is -0.864. The second kappa shape index (κ2) is 4.96. The van der Waals surface area contributed by atoms with Crippen LogP contribution < -0.4 is 0 Å². The fourth-order valence-electron chi connectivity index (χ4n) is 1.62. The molecule has 0 aromatic carbocycles. The molecule has 0 aliphatic carbocycles. The Balaban J connectivity index is 2.93. The van der Waals surface area contributed by atoms with Crippen molar-refractivity contribution in [3.8, 4) is 0 Å². The Labute approximate surface area is 106 Å². The molecule has 1 aliphatic rings. The molecule has 6 nitrogen and oxygen atoms in total. The van der Waals surface area contributed by atoms with Crippen LogP contribution >= 0.6 is 0 Å². The highest BCUT2D eigenvalue weighted by molar-refractivity contribution is 6.04. The summed E-state index contributed by atoms with van der Waals surface area (Å²) in [6, 6.07) is -0.891. The molecular formula is C12H19NO5. The van der Waals surface area contributed by atoms with Gasteiger partial charge in [0.15, 0.2) is 0 Å². The third-order valence-corrected chi connectivity index (χ3v) is 2.68. The van der Waals surface area contributed by atoms with Crippen LogP contribution in [0, 0.1) is 5.92 Å². The molecule has 1 rings (SSSR count). The van der Waals surface area contributed by atoms with Gasteiger partial charge in [-0.1, -0.05) is 20.3 Å². The van der Waals surface area contributed by atoms with Crippen molar-refractivity contribution in [1.29, 1.82) is 0 Å². The van der Waals surface area contributed by atoms with Crippen molar-refractivity contribution in [3.63, 3.8) is 0 Å². The molecule has 0 radical (unpaired) electrons. The minimum Gasteiger partial charge on any atom is -0.443 e. The summed E-state index contributed by atoms with van der Waals surface area (Å²) in [5.41, 5.74) is -0.733. The van der Waals surface area contributed by atoms with Gasteiger partial charge in [0.25, 0.3) is 0 Å². The lowest BCUT2D eigenvalue weighted by Gasteiger charge is -2.26. The summed E-state index contributed by atoms with van der Waals surface area (Å²) in [6.45, 7) is 8.71. The van der Waals surface area contributed by atoms with E-state index in [-0.39, 0.29) is 5.92 Å². The van der Waals surface area contributed by atoms with Gasteiger partial charge in [-0.05, 0) is 26.7 Å². The number of imide groups is 1. The van der Waals surface area contributed by atoms with Gasteiger partial charge in [0.2, 0.25) is 0 Å². The van der Waals surface area contributed by atoms with Gasteiger partial charge in [0.05, 0.1) is 0 Å². The minimum absolute atomic E-state index is 0.170. The number of esters is 1. The molecule has 0 aromatic heterocycles. The Kier molecular flexibility index (Phi) is 3.98. The minimum atomic E-state index is -0.959. The zero-order valence-corrected chi connectivity index (χ0v) is 11.4. The average Bonchev–Trinajstić information content (AvgIpc) is 2.49. The number of ether oxygens (including phenoxy) is 2. The molecule has 1 fully saturated rings. The van der Waals surface area contributed by atoms with Crippen molar-refractivity contribution in [1.82, 2.24) is 4.90 Å². The van der Waals surface area contributed by atoms with Crippen LogP contribution in [0.3, 0.4) is 0 Å². The summed E-state index contributed by atoms with van der Waals surface area (Å²) >= 11 is 0. The lowest BCUT2D eigenvalue weighted by Crippen LogP contribution is -2.46. The van der Waals surface area contributed by atoms with Crippen LogP contribution in [-0.2, 0) is 14.3 Å². The maximum Gasteiger partial charge on any atom is 0.427 e. The Morgan fingerprint density at radius 1 is 1.44 bits per heavy atom. The number of nitrogens with zero attached hydrogens (tertiary/aromatic N) is 1. The van der Waals surface area contributed by atoms with Gasteiger partial charge >= 0.3 is 18.2 Å². The van der Waals surface area contributed by atoms with E-state index in [1.54, 1.807) is 27.7 Å². The third-order valence-electron chi connectivity index (χ3n) is 2.68. The zero-order chi connectivity index (χ0) is 14.1. The first-order chi connectivity index (χ1) is 8.17. The lowest BCUT2D eigenvalue weighted by molar-refractivity contribution is -0.137. The van der Waals surface area contributed by atoms with Gasteiger partial charge in [-0.3, -0.25) is 0 Å². The van der Waals surface area contributed by atoms with Crippen molar-refractivity contribution in [2.45, 2.75) is 52.7 Å². The Bertz CT molecular complexity index is 371. The van der Waals surface area contributed by atoms with Crippen LogP contribution in [0.4, 0.5) is 9.59 Å². The second-order valence-electron chi connectivity index (χ2n) is 5.37. The standard InChI is InChI=1S/C12H19NO5/c1-6-7(2)8-9(14)17-10(15)13(8)11(16)18-12(3,4)5/h7-8H,6H2,1-5H3/t7-,8?/m0/s1. The molecule has 0 N–H and O–H groups in total. The Morgan fingerprint density at radius 3 is 2.44 bits per heavy atom. The predicted octanol–water partition coefficient (Wildman–Crippen LogP) is 2.32. The molecule has 2 amide bonds. The second-order valence-corrected chi connectivity index (χ2v) is 5.37. The Hall–Kier alpha value is -1.59. The van der Waals surface area contributed by atoms with Gasteiger partial charge in [0, 0.05) is 0 Å². The van der Waals surface area contributed by atoms with E-state index in [4.69, 9.17) is 4.74 Å². The highest BCUT2D eigenvalue weighted by Gasteiger charge is 2.48. The van der Waals surface area contributed by atoms with Crippen LogP contribution in [-0.4, -0.2) is 34.7 Å². The van der Waals surface area contributed by atoms with Crippen LogP contribution in [0.15, 0.2) is 0 Å². The first kappa shape index (κ1) is 14.5. The molecule has 0 aromatic rings. The maximum absolute atomic E-state index is 11.9.